The van der Waals surface area contributed by atoms with E-state index in [1.165, 1.54) is 0 Å². The van der Waals surface area contributed by atoms with Gasteiger partial charge in [0.15, 0.2) is 0 Å². The molecule has 0 aromatic heterocycles. The van der Waals surface area contributed by atoms with Crippen LogP contribution in [0.2, 0.25) is 0 Å². The molecule has 72 valence electrons. The molecule has 1 aromatic carbocycles. The lowest BCUT2D eigenvalue weighted by atomic mass is 10.0. The second kappa shape index (κ2) is 3.29. The van der Waals surface area contributed by atoms with Crippen LogP contribution in [0.5, 0.6) is 0 Å². The molecular formula is C12H13NO. The molecule has 0 atom stereocenters. The molecule has 14 heavy (non-hydrogen) atoms. The predicted octanol–water partition coefficient (Wildman–Crippen LogP) is 2.28. The first-order valence-electron chi connectivity index (χ1n) is 4.72. The van der Waals surface area contributed by atoms with E-state index in [4.69, 9.17) is 0 Å². The number of allylic oxidation sites excluding steroid dienone is 1. The second-order valence-electron chi connectivity index (χ2n) is 3.56. The molecule has 1 aliphatic rings. The quantitative estimate of drug-likeness (QED) is 0.660. The van der Waals surface area contributed by atoms with E-state index in [9.17, 15) is 4.79 Å². The van der Waals surface area contributed by atoms with Gasteiger partial charge in [-0.2, -0.15) is 0 Å². The lowest BCUT2D eigenvalue weighted by molar-refractivity contribution is -0.125. The van der Waals surface area contributed by atoms with Crippen LogP contribution < -0.4 is 0 Å². The summed E-state index contributed by atoms with van der Waals surface area (Å²) in [5, 5.41) is 0. The number of benzene rings is 1. The highest BCUT2D eigenvalue weighted by molar-refractivity contribution is 5.96. The predicted molar refractivity (Wildman–Crippen MR) is 56.4 cm³/mol. The molecule has 1 heterocycles. The molecule has 2 rings (SSSR count). The maximum absolute atomic E-state index is 11.5. The minimum absolute atomic E-state index is 0.182. The van der Waals surface area contributed by atoms with Gasteiger partial charge in [-0.05, 0) is 18.1 Å². The first-order chi connectivity index (χ1) is 6.70. The summed E-state index contributed by atoms with van der Waals surface area (Å²) in [5.41, 5.74) is 3.38. The lowest BCUT2D eigenvalue weighted by Crippen LogP contribution is -2.17. The third-order valence-electron chi connectivity index (χ3n) is 2.76. The number of nitrogens with zero attached hydrogens (tertiary/aromatic N) is 1. The summed E-state index contributed by atoms with van der Waals surface area (Å²) in [6, 6.07) is 10.1. The maximum atomic E-state index is 11.5. The fraction of sp³-hybridized carbons (Fsp3) is 0.250. The number of carbonyl (C=O) groups excluding carboxylic acids is 1. The molecule has 0 fully saturated rings. The SMILES string of the molecule is CC1=C(c2ccccc2)CC(=O)N1C. The number of carbonyl (C=O) groups is 1. The molecule has 0 saturated heterocycles. The van der Waals surface area contributed by atoms with Gasteiger partial charge in [-0.25, -0.2) is 0 Å². The largest absolute Gasteiger partial charge is 0.319 e. The molecule has 1 amide bonds. The van der Waals surface area contributed by atoms with Crippen molar-refractivity contribution in [3.63, 3.8) is 0 Å². The van der Waals surface area contributed by atoms with Crippen molar-refractivity contribution in [2.24, 2.45) is 0 Å². The van der Waals surface area contributed by atoms with Gasteiger partial charge < -0.3 is 4.90 Å². The summed E-state index contributed by atoms with van der Waals surface area (Å²) in [7, 11) is 1.83. The standard InChI is InChI=1S/C12H13NO/c1-9-11(8-12(14)13(9)2)10-6-4-3-5-7-10/h3-7H,8H2,1-2H3. The maximum Gasteiger partial charge on any atom is 0.230 e. The van der Waals surface area contributed by atoms with E-state index in [1.807, 2.05) is 44.3 Å². The first-order valence-corrected chi connectivity index (χ1v) is 4.72. The zero-order valence-electron chi connectivity index (χ0n) is 8.45. The van der Waals surface area contributed by atoms with E-state index in [0.717, 1.165) is 16.8 Å². The molecule has 0 saturated carbocycles. The van der Waals surface area contributed by atoms with Crippen LogP contribution in [0.4, 0.5) is 0 Å². The normalized spacial score (nSPS) is 16.7. The van der Waals surface area contributed by atoms with E-state index in [1.54, 1.807) is 4.90 Å². The van der Waals surface area contributed by atoms with Crippen molar-refractivity contribution in [3.05, 3.63) is 41.6 Å². The Morgan fingerprint density at radius 3 is 2.36 bits per heavy atom. The highest BCUT2D eigenvalue weighted by atomic mass is 16.2. The van der Waals surface area contributed by atoms with Crippen LogP contribution in [-0.2, 0) is 4.79 Å². The van der Waals surface area contributed by atoms with E-state index in [2.05, 4.69) is 0 Å². The molecule has 0 spiro atoms. The summed E-state index contributed by atoms with van der Waals surface area (Å²) in [6.45, 7) is 1.99. The summed E-state index contributed by atoms with van der Waals surface area (Å²) >= 11 is 0. The number of hydrogen-bond acceptors (Lipinski definition) is 1. The highest BCUT2D eigenvalue weighted by Crippen LogP contribution is 2.30. The van der Waals surface area contributed by atoms with Crippen molar-refractivity contribution in [1.82, 2.24) is 4.90 Å². The monoisotopic (exact) mass is 187 g/mol. The van der Waals surface area contributed by atoms with Gasteiger partial charge in [0, 0.05) is 12.7 Å². The minimum atomic E-state index is 0.182. The molecule has 1 aromatic rings. The van der Waals surface area contributed by atoms with Crippen LogP contribution in [0, 0.1) is 0 Å². The molecule has 2 nitrogen and oxygen atoms in total. The fourth-order valence-corrected chi connectivity index (χ4v) is 1.74. The van der Waals surface area contributed by atoms with Gasteiger partial charge in [-0.1, -0.05) is 30.3 Å². The number of hydrogen-bond donors (Lipinski definition) is 0. The van der Waals surface area contributed by atoms with Crippen molar-refractivity contribution in [2.45, 2.75) is 13.3 Å². The first kappa shape index (κ1) is 9.00. The molecule has 0 aliphatic carbocycles. The summed E-state index contributed by atoms with van der Waals surface area (Å²) in [5.74, 6) is 0.182. The van der Waals surface area contributed by atoms with Gasteiger partial charge in [-0.3, -0.25) is 4.79 Å². The third kappa shape index (κ3) is 1.33. The van der Waals surface area contributed by atoms with Gasteiger partial charge >= 0.3 is 0 Å². The Bertz CT molecular complexity index is 392. The van der Waals surface area contributed by atoms with Gasteiger partial charge in [-0.15, -0.1) is 0 Å². The van der Waals surface area contributed by atoms with Crippen LogP contribution in [0.1, 0.15) is 18.9 Å². The molecular weight excluding hydrogens is 174 g/mol. The average molecular weight is 187 g/mol. The van der Waals surface area contributed by atoms with Crippen LogP contribution in [-0.4, -0.2) is 17.9 Å². The Labute approximate surface area is 83.8 Å². The van der Waals surface area contributed by atoms with Crippen molar-refractivity contribution in [3.8, 4) is 0 Å². The Morgan fingerprint density at radius 1 is 1.21 bits per heavy atom. The van der Waals surface area contributed by atoms with Crippen molar-refractivity contribution >= 4 is 11.5 Å². The Hall–Kier alpha value is -1.57. The zero-order valence-corrected chi connectivity index (χ0v) is 8.45. The highest BCUT2D eigenvalue weighted by Gasteiger charge is 2.24. The van der Waals surface area contributed by atoms with Gasteiger partial charge in [0.25, 0.3) is 0 Å². The van der Waals surface area contributed by atoms with E-state index in [-0.39, 0.29) is 5.91 Å². The Kier molecular flexibility index (Phi) is 2.12. The Morgan fingerprint density at radius 2 is 1.86 bits per heavy atom. The van der Waals surface area contributed by atoms with Crippen LogP contribution in [0.3, 0.4) is 0 Å². The van der Waals surface area contributed by atoms with Crippen molar-refractivity contribution in [1.29, 1.82) is 0 Å². The molecule has 0 radical (unpaired) electrons. The molecule has 2 heteroatoms. The molecule has 0 N–H and O–H groups in total. The van der Waals surface area contributed by atoms with Gasteiger partial charge in [0.2, 0.25) is 5.91 Å². The third-order valence-corrected chi connectivity index (χ3v) is 2.76. The lowest BCUT2D eigenvalue weighted by Gasteiger charge is -2.09. The molecule has 0 unspecified atom stereocenters. The van der Waals surface area contributed by atoms with Gasteiger partial charge in [0.1, 0.15) is 0 Å². The van der Waals surface area contributed by atoms with Crippen molar-refractivity contribution in [2.75, 3.05) is 7.05 Å². The zero-order chi connectivity index (χ0) is 10.1. The summed E-state index contributed by atoms with van der Waals surface area (Å²) < 4.78 is 0. The van der Waals surface area contributed by atoms with E-state index < -0.39 is 0 Å². The second-order valence-corrected chi connectivity index (χ2v) is 3.56. The van der Waals surface area contributed by atoms with E-state index in [0.29, 0.717) is 6.42 Å². The summed E-state index contributed by atoms with van der Waals surface area (Å²) in [6.07, 6.45) is 0.534. The Balaban J connectivity index is 2.42. The fourth-order valence-electron chi connectivity index (χ4n) is 1.74. The minimum Gasteiger partial charge on any atom is -0.319 e. The van der Waals surface area contributed by atoms with Crippen LogP contribution in [0.25, 0.3) is 5.57 Å². The molecule has 0 bridgehead atoms. The van der Waals surface area contributed by atoms with E-state index >= 15 is 0 Å². The number of amides is 1. The average Bonchev–Trinajstić information content (AvgIpc) is 2.47. The molecule has 1 aliphatic heterocycles. The summed E-state index contributed by atoms with van der Waals surface area (Å²) in [4.78, 5) is 13.2. The smallest absolute Gasteiger partial charge is 0.230 e. The topological polar surface area (TPSA) is 20.3 Å². The number of rotatable bonds is 1. The van der Waals surface area contributed by atoms with Crippen LogP contribution in [0.15, 0.2) is 36.0 Å². The van der Waals surface area contributed by atoms with Crippen molar-refractivity contribution < 1.29 is 4.79 Å². The van der Waals surface area contributed by atoms with Gasteiger partial charge in [0.05, 0.1) is 6.42 Å². The van der Waals surface area contributed by atoms with Crippen LogP contribution >= 0.6 is 0 Å².